The summed E-state index contributed by atoms with van der Waals surface area (Å²) in [7, 11) is 0. The minimum Gasteiger partial charge on any atom is -0.494 e. The highest BCUT2D eigenvalue weighted by atomic mass is 16.5. The van der Waals surface area contributed by atoms with Gasteiger partial charge in [0.2, 0.25) is 0 Å². The number of benzene rings is 2. The number of ketones is 1. The average Bonchev–Trinajstić information content (AvgIpc) is 2.69. The van der Waals surface area contributed by atoms with Crippen LogP contribution in [0.15, 0.2) is 48.7 Å². The quantitative estimate of drug-likeness (QED) is 0.472. The maximum atomic E-state index is 12.5. The molecule has 0 atom stereocenters. The molecule has 6 heteroatoms. The number of carbonyl (C=O) groups excluding carboxylic acids is 2. The highest BCUT2D eigenvalue weighted by molar-refractivity contribution is 6.06. The van der Waals surface area contributed by atoms with Crippen LogP contribution in [0.2, 0.25) is 0 Å². The van der Waals surface area contributed by atoms with E-state index >= 15 is 0 Å². The molecular formula is C22H22N2O4. The number of nitrogens with one attached hydrogen (secondary N) is 1. The van der Waals surface area contributed by atoms with E-state index in [-0.39, 0.29) is 12.4 Å². The van der Waals surface area contributed by atoms with Crippen molar-refractivity contribution >= 4 is 34.0 Å². The van der Waals surface area contributed by atoms with Crippen LogP contribution >= 0.6 is 0 Å². The fraction of sp³-hybridized carbons (Fsp3) is 0.227. The number of aromatic nitrogens is 1. The van der Waals surface area contributed by atoms with Gasteiger partial charge in [0.25, 0.3) is 0 Å². The molecule has 3 aromatic rings. The Hall–Kier alpha value is -3.41. The van der Waals surface area contributed by atoms with Gasteiger partial charge in [0.15, 0.2) is 5.78 Å². The van der Waals surface area contributed by atoms with E-state index in [1.54, 1.807) is 31.2 Å². The van der Waals surface area contributed by atoms with E-state index in [2.05, 4.69) is 10.3 Å². The van der Waals surface area contributed by atoms with Gasteiger partial charge in [-0.05, 0) is 63.2 Å². The van der Waals surface area contributed by atoms with Crippen LogP contribution in [0.25, 0.3) is 10.9 Å². The lowest BCUT2D eigenvalue weighted by atomic mass is 10.1. The van der Waals surface area contributed by atoms with Gasteiger partial charge in [-0.25, -0.2) is 4.79 Å². The first-order chi connectivity index (χ1) is 13.5. The third-order valence-corrected chi connectivity index (χ3v) is 4.21. The molecule has 6 nitrogen and oxygen atoms in total. The van der Waals surface area contributed by atoms with Crippen molar-refractivity contribution in [2.45, 2.75) is 20.8 Å². The molecule has 0 bridgehead atoms. The van der Waals surface area contributed by atoms with Crippen molar-refractivity contribution in [2.24, 2.45) is 0 Å². The Labute approximate surface area is 163 Å². The van der Waals surface area contributed by atoms with Crippen molar-refractivity contribution < 1.29 is 19.1 Å². The number of pyridine rings is 1. The Balaban J connectivity index is 2.11. The van der Waals surface area contributed by atoms with Gasteiger partial charge >= 0.3 is 5.97 Å². The first-order valence-corrected chi connectivity index (χ1v) is 9.14. The van der Waals surface area contributed by atoms with Gasteiger partial charge in [0.1, 0.15) is 11.3 Å². The first-order valence-electron chi connectivity index (χ1n) is 9.14. The van der Waals surface area contributed by atoms with Crippen LogP contribution in [0.5, 0.6) is 5.75 Å². The van der Waals surface area contributed by atoms with Gasteiger partial charge in [-0.3, -0.25) is 9.78 Å². The van der Waals surface area contributed by atoms with Crippen LogP contribution < -0.4 is 10.1 Å². The van der Waals surface area contributed by atoms with E-state index in [0.717, 1.165) is 16.6 Å². The summed E-state index contributed by atoms with van der Waals surface area (Å²) in [5.74, 6) is 0.226. The van der Waals surface area contributed by atoms with Gasteiger partial charge in [0.05, 0.1) is 24.4 Å². The second-order valence-electron chi connectivity index (χ2n) is 6.14. The number of hydrogen-bond acceptors (Lipinski definition) is 6. The van der Waals surface area contributed by atoms with E-state index in [4.69, 9.17) is 9.47 Å². The van der Waals surface area contributed by atoms with Crippen molar-refractivity contribution in [1.82, 2.24) is 4.98 Å². The number of fused-ring (bicyclic) bond motifs is 1. The van der Waals surface area contributed by atoms with Crippen LogP contribution in [-0.4, -0.2) is 30.0 Å². The molecule has 0 amide bonds. The molecule has 0 unspecified atom stereocenters. The Bertz CT molecular complexity index is 1010. The monoisotopic (exact) mass is 378 g/mol. The number of esters is 1. The number of carbonyl (C=O) groups is 2. The van der Waals surface area contributed by atoms with Gasteiger partial charge in [-0.15, -0.1) is 0 Å². The Kier molecular flexibility index (Phi) is 5.89. The van der Waals surface area contributed by atoms with Gasteiger partial charge in [-0.2, -0.15) is 0 Å². The molecule has 0 saturated heterocycles. The fourth-order valence-corrected chi connectivity index (χ4v) is 2.86. The third-order valence-electron chi connectivity index (χ3n) is 4.21. The smallest absolute Gasteiger partial charge is 0.341 e. The summed E-state index contributed by atoms with van der Waals surface area (Å²) in [5.41, 5.74) is 3.00. The molecule has 1 heterocycles. The van der Waals surface area contributed by atoms with Crippen molar-refractivity contribution in [2.75, 3.05) is 18.5 Å². The zero-order valence-corrected chi connectivity index (χ0v) is 16.1. The summed E-state index contributed by atoms with van der Waals surface area (Å²) in [5, 5.41) is 4.03. The van der Waals surface area contributed by atoms with Gasteiger partial charge in [0, 0.05) is 22.8 Å². The summed E-state index contributed by atoms with van der Waals surface area (Å²) in [6, 6.07) is 12.6. The minimum atomic E-state index is -0.457. The zero-order chi connectivity index (χ0) is 20.1. The zero-order valence-electron chi connectivity index (χ0n) is 16.1. The summed E-state index contributed by atoms with van der Waals surface area (Å²) in [6.07, 6.45) is 1.51. The van der Waals surface area contributed by atoms with Gasteiger partial charge < -0.3 is 14.8 Å². The molecule has 0 aliphatic heterocycles. The maximum Gasteiger partial charge on any atom is 0.341 e. The molecular weight excluding hydrogens is 356 g/mol. The largest absolute Gasteiger partial charge is 0.494 e. The summed E-state index contributed by atoms with van der Waals surface area (Å²) < 4.78 is 10.8. The van der Waals surface area contributed by atoms with E-state index in [1.165, 1.54) is 13.1 Å². The highest BCUT2D eigenvalue weighted by Crippen LogP contribution is 2.32. The first kappa shape index (κ1) is 19.4. The number of rotatable bonds is 7. The fourth-order valence-electron chi connectivity index (χ4n) is 2.86. The summed E-state index contributed by atoms with van der Waals surface area (Å²) in [4.78, 5) is 28.4. The average molecular weight is 378 g/mol. The van der Waals surface area contributed by atoms with E-state index in [9.17, 15) is 9.59 Å². The lowest BCUT2D eigenvalue weighted by molar-refractivity contribution is 0.0527. The number of Topliss-reactive ketones (excluding diaryl/α,β-unsaturated/α-hetero) is 1. The number of ether oxygens (including phenoxy) is 2. The standard InChI is InChI=1S/C22H22N2O4/c1-4-27-17-10-11-20-18(12-17)21(19(13-23-20)22(26)28-5-2)24-16-8-6-15(7-9-16)14(3)25/h6-13H,4-5H2,1-3H3,(H,23,24). The molecule has 1 aromatic heterocycles. The predicted octanol–water partition coefficient (Wildman–Crippen LogP) is 4.76. The van der Waals surface area contributed by atoms with Crippen LogP contribution in [0.1, 0.15) is 41.5 Å². The SMILES string of the molecule is CCOC(=O)c1cnc2ccc(OCC)cc2c1Nc1ccc(C(C)=O)cc1. The van der Waals surface area contributed by atoms with Crippen molar-refractivity contribution in [3.63, 3.8) is 0 Å². The number of anilines is 2. The third kappa shape index (κ3) is 4.11. The van der Waals surface area contributed by atoms with Crippen molar-refractivity contribution in [1.29, 1.82) is 0 Å². The molecule has 28 heavy (non-hydrogen) atoms. The van der Waals surface area contributed by atoms with Crippen LogP contribution in [0.3, 0.4) is 0 Å². The molecule has 144 valence electrons. The topological polar surface area (TPSA) is 77.5 Å². The second-order valence-corrected chi connectivity index (χ2v) is 6.14. The number of nitrogens with zero attached hydrogens (tertiary/aromatic N) is 1. The number of hydrogen-bond donors (Lipinski definition) is 1. The highest BCUT2D eigenvalue weighted by Gasteiger charge is 2.17. The normalized spacial score (nSPS) is 10.5. The molecule has 0 aliphatic carbocycles. The second kappa shape index (κ2) is 8.52. The van der Waals surface area contributed by atoms with Gasteiger partial charge in [-0.1, -0.05) is 0 Å². The summed E-state index contributed by atoms with van der Waals surface area (Å²) >= 11 is 0. The van der Waals surface area contributed by atoms with Crippen LogP contribution in [0.4, 0.5) is 11.4 Å². The van der Waals surface area contributed by atoms with Crippen LogP contribution in [0, 0.1) is 0 Å². The van der Waals surface area contributed by atoms with Crippen molar-refractivity contribution in [3.05, 3.63) is 59.8 Å². The maximum absolute atomic E-state index is 12.5. The van der Waals surface area contributed by atoms with E-state index in [1.807, 2.05) is 25.1 Å². The molecule has 3 rings (SSSR count). The Morgan fingerprint density at radius 1 is 1.04 bits per heavy atom. The summed E-state index contributed by atoms with van der Waals surface area (Å²) in [6.45, 7) is 5.99. The molecule has 0 aliphatic rings. The molecule has 0 radical (unpaired) electrons. The molecule has 1 N–H and O–H groups in total. The van der Waals surface area contributed by atoms with Crippen molar-refractivity contribution in [3.8, 4) is 5.75 Å². The molecule has 2 aromatic carbocycles. The van der Waals surface area contributed by atoms with E-state index in [0.29, 0.717) is 29.2 Å². The molecule has 0 fully saturated rings. The minimum absolute atomic E-state index is 0.00511. The molecule has 0 saturated carbocycles. The Morgan fingerprint density at radius 3 is 2.43 bits per heavy atom. The molecule has 0 spiro atoms. The lowest BCUT2D eigenvalue weighted by Gasteiger charge is -2.15. The Morgan fingerprint density at radius 2 is 1.79 bits per heavy atom. The van der Waals surface area contributed by atoms with E-state index < -0.39 is 5.97 Å². The predicted molar refractivity (Wildman–Crippen MR) is 109 cm³/mol. The lowest BCUT2D eigenvalue weighted by Crippen LogP contribution is -2.09. The van der Waals surface area contributed by atoms with Crippen LogP contribution in [-0.2, 0) is 4.74 Å².